The number of aromatic nitrogens is 1. The number of para-hydroxylation sites is 1. The Morgan fingerprint density at radius 2 is 1.80 bits per heavy atom. The van der Waals surface area contributed by atoms with E-state index in [2.05, 4.69) is 4.98 Å². The van der Waals surface area contributed by atoms with Crippen LogP contribution in [-0.2, 0) is 6.61 Å². The molecule has 2 aromatic carbocycles. The Bertz CT molecular complexity index is 758. The monoisotopic (exact) mass is 268 g/mol. The lowest BCUT2D eigenvalue weighted by Gasteiger charge is -2.12. The zero-order chi connectivity index (χ0) is 13.9. The summed E-state index contributed by atoms with van der Waals surface area (Å²) in [6.45, 7) is 0.130. The highest BCUT2D eigenvalue weighted by atomic mass is 19.1. The van der Waals surface area contributed by atoms with E-state index in [0.717, 1.165) is 10.9 Å². The van der Waals surface area contributed by atoms with Crippen molar-refractivity contribution in [2.75, 3.05) is 5.73 Å². The second-order valence-corrected chi connectivity index (χ2v) is 4.44. The number of hydrogen-bond acceptors (Lipinski definition) is 3. The summed E-state index contributed by atoms with van der Waals surface area (Å²) in [6, 6.07) is 14.1. The number of halogens is 1. The fourth-order valence-corrected chi connectivity index (χ4v) is 2.06. The Balaban J connectivity index is 1.95. The first kappa shape index (κ1) is 12.4. The molecule has 0 saturated heterocycles. The van der Waals surface area contributed by atoms with Gasteiger partial charge in [0.05, 0.1) is 17.4 Å². The van der Waals surface area contributed by atoms with Gasteiger partial charge in [0, 0.05) is 10.9 Å². The average Bonchev–Trinajstić information content (AvgIpc) is 2.48. The molecule has 2 N–H and O–H groups in total. The molecule has 0 fully saturated rings. The Hall–Kier alpha value is -2.62. The minimum atomic E-state index is -0.288. The highest BCUT2D eigenvalue weighted by Gasteiger charge is 2.09. The quantitative estimate of drug-likeness (QED) is 0.790. The molecule has 0 amide bonds. The van der Waals surface area contributed by atoms with Crippen LogP contribution in [0.3, 0.4) is 0 Å². The maximum absolute atomic E-state index is 13.6. The third-order valence-corrected chi connectivity index (χ3v) is 3.08. The first-order valence-electron chi connectivity index (χ1n) is 6.25. The topological polar surface area (TPSA) is 48.1 Å². The van der Waals surface area contributed by atoms with Crippen LogP contribution in [0.4, 0.5) is 10.1 Å². The highest BCUT2D eigenvalue weighted by Crippen LogP contribution is 2.30. The molecular weight excluding hydrogens is 255 g/mol. The average molecular weight is 268 g/mol. The summed E-state index contributed by atoms with van der Waals surface area (Å²) >= 11 is 0. The Morgan fingerprint density at radius 1 is 1.05 bits per heavy atom. The van der Waals surface area contributed by atoms with E-state index in [4.69, 9.17) is 10.5 Å². The number of benzene rings is 2. The molecule has 0 atom stereocenters. The van der Waals surface area contributed by atoms with E-state index in [1.807, 2.05) is 24.3 Å². The van der Waals surface area contributed by atoms with Crippen LogP contribution in [-0.4, -0.2) is 4.98 Å². The van der Waals surface area contributed by atoms with Gasteiger partial charge in [-0.2, -0.15) is 0 Å². The van der Waals surface area contributed by atoms with E-state index in [1.165, 1.54) is 6.07 Å². The SMILES string of the molecule is Nc1cnc2ccccc2c1OCc1ccccc1F. The van der Waals surface area contributed by atoms with Crippen LogP contribution < -0.4 is 10.5 Å². The number of hydrogen-bond donors (Lipinski definition) is 1. The summed E-state index contributed by atoms with van der Waals surface area (Å²) < 4.78 is 19.3. The van der Waals surface area contributed by atoms with Gasteiger partial charge in [-0.15, -0.1) is 0 Å². The normalized spacial score (nSPS) is 10.7. The fraction of sp³-hybridized carbons (Fsp3) is 0.0625. The van der Waals surface area contributed by atoms with Gasteiger partial charge < -0.3 is 10.5 Å². The highest BCUT2D eigenvalue weighted by molar-refractivity contribution is 5.89. The van der Waals surface area contributed by atoms with Gasteiger partial charge in [-0.05, 0) is 18.2 Å². The first-order chi connectivity index (χ1) is 9.75. The van der Waals surface area contributed by atoms with Crippen molar-refractivity contribution in [2.24, 2.45) is 0 Å². The molecule has 3 nitrogen and oxygen atoms in total. The zero-order valence-corrected chi connectivity index (χ0v) is 10.7. The molecule has 3 aromatic rings. The van der Waals surface area contributed by atoms with Crippen molar-refractivity contribution >= 4 is 16.6 Å². The third-order valence-electron chi connectivity index (χ3n) is 3.08. The minimum absolute atomic E-state index is 0.130. The van der Waals surface area contributed by atoms with Crippen molar-refractivity contribution < 1.29 is 9.13 Å². The first-order valence-corrected chi connectivity index (χ1v) is 6.25. The standard InChI is InChI=1S/C16H13FN2O/c17-13-7-3-1-5-11(13)10-20-16-12-6-2-4-8-15(12)19-9-14(16)18/h1-9H,10,18H2. The van der Waals surface area contributed by atoms with Crippen LogP contribution in [0.5, 0.6) is 5.75 Å². The van der Waals surface area contributed by atoms with Gasteiger partial charge in [-0.1, -0.05) is 30.3 Å². The van der Waals surface area contributed by atoms with Gasteiger partial charge in [0.25, 0.3) is 0 Å². The molecule has 0 spiro atoms. The molecule has 20 heavy (non-hydrogen) atoms. The maximum atomic E-state index is 13.6. The minimum Gasteiger partial charge on any atom is -0.486 e. The molecule has 0 aliphatic heterocycles. The summed E-state index contributed by atoms with van der Waals surface area (Å²) in [7, 11) is 0. The number of fused-ring (bicyclic) bond motifs is 1. The van der Waals surface area contributed by atoms with Crippen molar-refractivity contribution in [3.63, 3.8) is 0 Å². The van der Waals surface area contributed by atoms with E-state index in [9.17, 15) is 4.39 Å². The molecule has 0 saturated carbocycles. The molecule has 4 heteroatoms. The van der Waals surface area contributed by atoms with Crippen LogP contribution in [0.1, 0.15) is 5.56 Å². The molecular formula is C16H13FN2O. The van der Waals surface area contributed by atoms with Gasteiger partial charge in [0.15, 0.2) is 5.75 Å². The van der Waals surface area contributed by atoms with E-state index < -0.39 is 0 Å². The number of anilines is 1. The predicted molar refractivity (Wildman–Crippen MR) is 76.9 cm³/mol. The molecule has 1 heterocycles. The summed E-state index contributed by atoms with van der Waals surface area (Å²) in [4.78, 5) is 4.23. The van der Waals surface area contributed by atoms with Gasteiger partial charge in [-0.3, -0.25) is 4.98 Å². The van der Waals surface area contributed by atoms with Crippen LogP contribution in [0, 0.1) is 5.82 Å². The Labute approximate surface area is 115 Å². The van der Waals surface area contributed by atoms with Crippen molar-refractivity contribution in [2.45, 2.75) is 6.61 Å². The number of nitrogen functional groups attached to an aromatic ring is 1. The van der Waals surface area contributed by atoms with Gasteiger partial charge in [0.2, 0.25) is 0 Å². The lowest BCUT2D eigenvalue weighted by molar-refractivity contribution is 0.305. The molecule has 0 bridgehead atoms. The van der Waals surface area contributed by atoms with E-state index in [1.54, 1.807) is 24.4 Å². The van der Waals surface area contributed by atoms with Crippen LogP contribution in [0.2, 0.25) is 0 Å². The predicted octanol–water partition coefficient (Wildman–Crippen LogP) is 3.54. The van der Waals surface area contributed by atoms with Crippen molar-refractivity contribution in [3.05, 3.63) is 66.1 Å². The Morgan fingerprint density at radius 3 is 2.65 bits per heavy atom. The van der Waals surface area contributed by atoms with Crippen LogP contribution >= 0.6 is 0 Å². The van der Waals surface area contributed by atoms with Crippen LogP contribution in [0.15, 0.2) is 54.7 Å². The lowest BCUT2D eigenvalue weighted by atomic mass is 10.2. The van der Waals surface area contributed by atoms with Gasteiger partial charge in [0.1, 0.15) is 12.4 Å². The molecule has 1 aromatic heterocycles. The fourth-order valence-electron chi connectivity index (χ4n) is 2.06. The molecule has 0 unspecified atom stereocenters. The summed E-state index contributed by atoms with van der Waals surface area (Å²) in [5, 5.41) is 0.823. The van der Waals surface area contributed by atoms with Gasteiger partial charge >= 0.3 is 0 Å². The number of nitrogens with zero attached hydrogens (tertiary/aromatic N) is 1. The van der Waals surface area contributed by atoms with Crippen molar-refractivity contribution in [1.29, 1.82) is 0 Å². The molecule has 100 valence electrons. The molecule has 0 radical (unpaired) electrons. The van der Waals surface area contributed by atoms with E-state index in [-0.39, 0.29) is 12.4 Å². The van der Waals surface area contributed by atoms with Crippen LogP contribution in [0.25, 0.3) is 10.9 Å². The number of pyridine rings is 1. The summed E-state index contributed by atoms with van der Waals surface area (Å²) in [6.07, 6.45) is 1.55. The van der Waals surface area contributed by atoms with Gasteiger partial charge in [-0.25, -0.2) is 4.39 Å². The second-order valence-electron chi connectivity index (χ2n) is 4.44. The zero-order valence-electron chi connectivity index (χ0n) is 10.7. The van der Waals surface area contributed by atoms with E-state index >= 15 is 0 Å². The third kappa shape index (κ3) is 2.28. The van der Waals surface area contributed by atoms with E-state index in [0.29, 0.717) is 17.0 Å². The second kappa shape index (κ2) is 5.17. The molecule has 3 rings (SSSR count). The lowest BCUT2D eigenvalue weighted by Crippen LogP contribution is -2.02. The summed E-state index contributed by atoms with van der Waals surface area (Å²) in [5.74, 6) is 0.253. The van der Waals surface area contributed by atoms with Crippen molar-refractivity contribution in [1.82, 2.24) is 4.98 Å². The molecule has 0 aliphatic carbocycles. The summed E-state index contributed by atoms with van der Waals surface area (Å²) in [5.41, 5.74) is 7.64. The number of ether oxygens (including phenoxy) is 1. The Kier molecular flexibility index (Phi) is 3.21. The number of rotatable bonds is 3. The van der Waals surface area contributed by atoms with Crippen molar-refractivity contribution in [3.8, 4) is 5.75 Å². The maximum Gasteiger partial charge on any atom is 0.153 e. The smallest absolute Gasteiger partial charge is 0.153 e. The largest absolute Gasteiger partial charge is 0.486 e. The molecule has 0 aliphatic rings. The number of nitrogens with two attached hydrogens (primary N) is 1.